The van der Waals surface area contributed by atoms with Crippen LogP contribution in [-0.2, 0) is 0 Å². The molecule has 0 aliphatic heterocycles. The SMILES string of the molecule is C=CCOc1[c]cc(Cl)c(Cl)c1. The Morgan fingerprint density at radius 3 is 2.83 bits per heavy atom. The van der Waals surface area contributed by atoms with Gasteiger partial charge in [0.25, 0.3) is 0 Å². The monoisotopic (exact) mass is 201 g/mol. The fraction of sp³-hybridized carbons (Fsp3) is 0.111. The zero-order chi connectivity index (χ0) is 8.97. The molecule has 0 saturated heterocycles. The summed E-state index contributed by atoms with van der Waals surface area (Å²) in [4.78, 5) is 0. The van der Waals surface area contributed by atoms with Crippen LogP contribution in [0.5, 0.6) is 5.75 Å². The molecule has 1 aromatic carbocycles. The van der Waals surface area contributed by atoms with Crippen LogP contribution in [0.4, 0.5) is 0 Å². The lowest BCUT2D eigenvalue weighted by Crippen LogP contribution is -1.92. The van der Waals surface area contributed by atoms with E-state index in [1.54, 1.807) is 18.2 Å². The molecule has 0 unspecified atom stereocenters. The quantitative estimate of drug-likeness (QED) is 0.682. The van der Waals surface area contributed by atoms with E-state index in [0.717, 1.165) is 0 Å². The molecular weight excluding hydrogens is 195 g/mol. The van der Waals surface area contributed by atoms with Gasteiger partial charge in [0, 0.05) is 12.1 Å². The number of halogens is 2. The molecule has 0 fully saturated rings. The highest BCUT2D eigenvalue weighted by Crippen LogP contribution is 2.25. The van der Waals surface area contributed by atoms with E-state index in [4.69, 9.17) is 27.9 Å². The molecule has 0 aliphatic carbocycles. The van der Waals surface area contributed by atoms with Crippen LogP contribution in [0.1, 0.15) is 0 Å². The number of benzene rings is 1. The highest BCUT2D eigenvalue weighted by molar-refractivity contribution is 6.42. The second-order valence-electron chi connectivity index (χ2n) is 2.09. The molecule has 12 heavy (non-hydrogen) atoms. The van der Waals surface area contributed by atoms with Crippen LogP contribution in [-0.4, -0.2) is 6.61 Å². The Morgan fingerprint density at radius 1 is 1.50 bits per heavy atom. The maximum atomic E-state index is 5.73. The van der Waals surface area contributed by atoms with E-state index >= 15 is 0 Å². The van der Waals surface area contributed by atoms with Crippen LogP contribution in [0.3, 0.4) is 0 Å². The van der Waals surface area contributed by atoms with Crippen molar-refractivity contribution in [1.82, 2.24) is 0 Å². The van der Waals surface area contributed by atoms with E-state index < -0.39 is 0 Å². The van der Waals surface area contributed by atoms with Gasteiger partial charge in [0.1, 0.15) is 12.4 Å². The van der Waals surface area contributed by atoms with Gasteiger partial charge in [-0.05, 0) is 6.07 Å². The van der Waals surface area contributed by atoms with Crippen molar-refractivity contribution in [2.75, 3.05) is 6.61 Å². The first-order chi connectivity index (χ1) is 5.74. The Hall–Kier alpha value is -0.660. The summed E-state index contributed by atoms with van der Waals surface area (Å²) in [7, 11) is 0. The van der Waals surface area contributed by atoms with Crippen LogP contribution in [0, 0.1) is 6.07 Å². The van der Waals surface area contributed by atoms with E-state index in [1.165, 1.54) is 0 Å². The van der Waals surface area contributed by atoms with Gasteiger partial charge in [-0.15, -0.1) is 0 Å². The van der Waals surface area contributed by atoms with Crippen molar-refractivity contribution in [3.8, 4) is 5.75 Å². The molecule has 0 N–H and O–H groups in total. The molecule has 1 rings (SSSR count). The van der Waals surface area contributed by atoms with Crippen molar-refractivity contribution >= 4 is 23.2 Å². The van der Waals surface area contributed by atoms with Gasteiger partial charge in [-0.1, -0.05) is 35.9 Å². The minimum Gasteiger partial charge on any atom is -0.489 e. The van der Waals surface area contributed by atoms with Gasteiger partial charge >= 0.3 is 0 Å². The maximum absolute atomic E-state index is 5.73. The number of rotatable bonds is 3. The molecule has 0 bridgehead atoms. The van der Waals surface area contributed by atoms with E-state index in [-0.39, 0.29) is 0 Å². The minimum atomic E-state index is 0.439. The summed E-state index contributed by atoms with van der Waals surface area (Å²) in [5.41, 5.74) is 0. The zero-order valence-corrected chi connectivity index (χ0v) is 7.82. The Balaban J connectivity index is 2.75. The molecule has 0 saturated carbocycles. The summed E-state index contributed by atoms with van der Waals surface area (Å²) in [5.74, 6) is 0.573. The fourth-order valence-corrected chi connectivity index (χ4v) is 0.924. The molecule has 0 spiro atoms. The van der Waals surface area contributed by atoms with Crippen molar-refractivity contribution in [2.45, 2.75) is 0 Å². The Labute approximate surface area is 81.6 Å². The third-order valence-corrected chi connectivity index (χ3v) is 1.91. The molecule has 1 aromatic rings. The smallest absolute Gasteiger partial charge is 0.129 e. The molecule has 1 radical (unpaired) electrons. The summed E-state index contributed by atoms with van der Waals surface area (Å²) >= 11 is 11.4. The van der Waals surface area contributed by atoms with Crippen molar-refractivity contribution in [2.24, 2.45) is 0 Å². The van der Waals surface area contributed by atoms with Crippen LogP contribution in [0.15, 0.2) is 24.8 Å². The first-order valence-corrected chi connectivity index (χ1v) is 4.10. The maximum Gasteiger partial charge on any atom is 0.129 e. The molecule has 0 aromatic heterocycles. The van der Waals surface area contributed by atoms with Gasteiger partial charge in [0.2, 0.25) is 0 Å². The predicted molar refractivity (Wildman–Crippen MR) is 51.0 cm³/mol. The molecule has 0 aliphatic rings. The van der Waals surface area contributed by atoms with Crippen molar-refractivity contribution < 1.29 is 4.74 Å². The summed E-state index contributed by atoms with van der Waals surface area (Å²) in [6.07, 6.45) is 1.65. The molecule has 0 amide bonds. The van der Waals surface area contributed by atoms with Gasteiger partial charge in [0.05, 0.1) is 10.0 Å². The van der Waals surface area contributed by atoms with E-state index in [0.29, 0.717) is 22.4 Å². The van der Waals surface area contributed by atoms with Gasteiger partial charge in [-0.3, -0.25) is 0 Å². The van der Waals surface area contributed by atoms with E-state index in [1.807, 2.05) is 0 Å². The number of ether oxygens (including phenoxy) is 1. The summed E-state index contributed by atoms with van der Waals surface area (Å²) in [6.45, 7) is 3.96. The normalized spacial score (nSPS) is 9.50. The van der Waals surface area contributed by atoms with Gasteiger partial charge in [-0.2, -0.15) is 0 Å². The van der Waals surface area contributed by atoms with Gasteiger partial charge < -0.3 is 4.74 Å². The molecule has 3 heteroatoms. The standard InChI is InChI=1S/C9H7Cl2O/c1-2-5-12-7-3-4-8(10)9(11)6-7/h2,4,6H,1,5H2. The largest absolute Gasteiger partial charge is 0.489 e. The fourth-order valence-electron chi connectivity index (χ4n) is 0.661. The third-order valence-electron chi connectivity index (χ3n) is 1.18. The van der Waals surface area contributed by atoms with E-state index in [9.17, 15) is 0 Å². The summed E-state index contributed by atoms with van der Waals surface area (Å²) < 4.78 is 5.17. The Kier molecular flexibility index (Phi) is 3.45. The topological polar surface area (TPSA) is 9.23 Å². The lowest BCUT2D eigenvalue weighted by atomic mass is 10.3. The first kappa shape index (κ1) is 9.43. The lowest BCUT2D eigenvalue weighted by Gasteiger charge is -2.02. The molecule has 0 heterocycles. The van der Waals surface area contributed by atoms with Gasteiger partial charge in [0.15, 0.2) is 0 Å². The zero-order valence-electron chi connectivity index (χ0n) is 6.31. The third kappa shape index (κ3) is 2.43. The average molecular weight is 202 g/mol. The second kappa shape index (κ2) is 4.39. The van der Waals surface area contributed by atoms with Crippen molar-refractivity contribution in [3.05, 3.63) is 40.9 Å². The van der Waals surface area contributed by atoms with Crippen LogP contribution in [0.25, 0.3) is 0 Å². The molecule has 0 atom stereocenters. The van der Waals surface area contributed by atoms with Crippen molar-refractivity contribution in [1.29, 1.82) is 0 Å². The van der Waals surface area contributed by atoms with Gasteiger partial charge in [-0.25, -0.2) is 0 Å². The van der Waals surface area contributed by atoms with Crippen LogP contribution < -0.4 is 4.74 Å². The van der Waals surface area contributed by atoms with Crippen LogP contribution >= 0.6 is 23.2 Å². The number of hydrogen-bond acceptors (Lipinski definition) is 1. The average Bonchev–Trinajstić information content (AvgIpc) is 2.07. The minimum absolute atomic E-state index is 0.439. The summed E-state index contributed by atoms with van der Waals surface area (Å²) in [5, 5.41) is 0.942. The number of hydrogen-bond donors (Lipinski definition) is 0. The molecular formula is C9H7Cl2O. The van der Waals surface area contributed by atoms with E-state index in [2.05, 4.69) is 12.6 Å². The highest BCUT2D eigenvalue weighted by atomic mass is 35.5. The molecule has 63 valence electrons. The second-order valence-corrected chi connectivity index (χ2v) is 2.91. The molecule has 1 nitrogen and oxygen atoms in total. The predicted octanol–water partition coefficient (Wildman–Crippen LogP) is 3.36. The Bertz CT molecular complexity index is 284. The summed E-state index contributed by atoms with van der Waals surface area (Å²) in [6, 6.07) is 6.02. The Morgan fingerprint density at radius 2 is 2.25 bits per heavy atom. The lowest BCUT2D eigenvalue weighted by molar-refractivity contribution is 0.362. The van der Waals surface area contributed by atoms with Crippen molar-refractivity contribution in [3.63, 3.8) is 0 Å². The highest BCUT2D eigenvalue weighted by Gasteiger charge is 1.99. The van der Waals surface area contributed by atoms with Crippen LogP contribution in [0.2, 0.25) is 10.0 Å². The first-order valence-electron chi connectivity index (χ1n) is 3.34.